The van der Waals surface area contributed by atoms with Crippen molar-refractivity contribution in [2.24, 2.45) is 0 Å². The molecule has 1 aromatic heterocycles. The van der Waals surface area contributed by atoms with E-state index in [1.54, 1.807) is 4.68 Å². The van der Waals surface area contributed by atoms with Crippen molar-refractivity contribution >= 4 is 5.91 Å². The summed E-state index contributed by atoms with van der Waals surface area (Å²) in [6, 6.07) is 2.05. The van der Waals surface area contributed by atoms with Crippen molar-refractivity contribution in [2.45, 2.75) is 25.3 Å². The van der Waals surface area contributed by atoms with E-state index in [2.05, 4.69) is 10.4 Å². The number of nitrogens with zero attached hydrogens (tertiary/aromatic N) is 3. The third-order valence-electron chi connectivity index (χ3n) is 4.04. The Morgan fingerprint density at radius 2 is 2.30 bits per heavy atom. The SMILES string of the molecule is O=C(Cn1ccc(C2CCCNC2)n1)N1CCOCC1. The first-order valence-electron chi connectivity index (χ1n) is 7.42. The van der Waals surface area contributed by atoms with E-state index in [9.17, 15) is 4.79 Å². The largest absolute Gasteiger partial charge is 0.378 e. The number of aromatic nitrogens is 2. The number of carbonyl (C=O) groups excluding carboxylic acids is 1. The summed E-state index contributed by atoms with van der Waals surface area (Å²) in [4.78, 5) is 14.0. The summed E-state index contributed by atoms with van der Waals surface area (Å²) in [6.07, 6.45) is 4.30. The molecule has 1 atom stereocenters. The molecule has 2 aliphatic rings. The molecule has 1 unspecified atom stereocenters. The highest BCUT2D eigenvalue weighted by atomic mass is 16.5. The minimum atomic E-state index is 0.129. The lowest BCUT2D eigenvalue weighted by atomic mass is 9.97. The highest BCUT2D eigenvalue weighted by Crippen LogP contribution is 2.21. The number of rotatable bonds is 3. The van der Waals surface area contributed by atoms with Gasteiger partial charge in [0.05, 0.1) is 18.9 Å². The normalized spacial score (nSPS) is 23.8. The molecule has 1 amide bonds. The van der Waals surface area contributed by atoms with Gasteiger partial charge >= 0.3 is 0 Å². The molecule has 2 saturated heterocycles. The predicted octanol–water partition coefficient (Wildman–Crippen LogP) is 0.209. The van der Waals surface area contributed by atoms with E-state index in [-0.39, 0.29) is 5.91 Å². The zero-order valence-electron chi connectivity index (χ0n) is 11.8. The molecule has 3 rings (SSSR count). The van der Waals surface area contributed by atoms with Gasteiger partial charge in [-0.05, 0) is 25.5 Å². The Bertz CT molecular complexity index is 448. The number of hydrogen-bond donors (Lipinski definition) is 1. The lowest BCUT2D eigenvalue weighted by Crippen LogP contribution is -2.42. The van der Waals surface area contributed by atoms with Crippen molar-refractivity contribution in [3.05, 3.63) is 18.0 Å². The topological polar surface area (TPSA) is 59.4 Å². The van der Waals surface area contributed by atoms with Crippen LogP contribution < -0.4 is 5.32 Å². The van der Waals surface area contributed by atoms with E-state index in [1.165, 1.54) is 12.8 Å². The van der Waals surface area contributed by atoms with E-state index < -0.39 is 0 Å². The quantitative estimate of drug-likeness (QED) is 0.858. The molecule has 1 aromatic rings. The molecule has 2 aliphatic heterocycles. The van der Waals surface area contributed by atoms with Crippen LogP contribution in [0.4, 0.5) is 0 Å². The maximum Gasteiger partial charge on any atom is 0.244 e. The Labute approximate surface area is 119 Å². The first kappa shape index (κ1) is 13.6. The monoisotopic (exact) mass is 278 g/mol. The van der Waals surface area contributed by atoms with Crippen molar-refractivity contribution in [1.29, 1.82) is 0 Å². The fourth-order valence-corrected chi connectivity index (χ4v) is 2.84. The van der Waals surface area contributed by atoms with Crippen LogP contribution in [0.5, 0.6) is 0 Å². The second-order valence-corrected chi connectivity index (χ2v) is 5.47. The zero-order chi connectivity index (χ0) is 13.8. The van der Waals surface area contributed by atoms with Crippen LogP contribution in [0, 0.1) is 0 Å². The fourth-order valence-electron chi connectivity index (χ4n) is 2.84. The van der Waals surface area contributed by atoms with Gasteiger partial charge in [0.25, 0.3) is 0 Å². The minimum absolute atomic E-state index is 0.129. The van der Waals surface area contributed by atoms with Crippen LogP contribution in [0.3, 0.4) is 0 Å². The van der Waals surface area contributed by atoms with Gasteiger partial charge in [-0.1, -0.05) is 0 Å². The summed E-state index contributed by atoms with van der Waals surface area (Å²) in [6.45, 7) is 5.11. The predicted molar refractivity (Wildman–Crippen MR) is 74.5 cm³/mol. The van der Waals surface area contributed by atoms with E-state index >= 15 is 0 Å². The number of carbonyl (C=O) groups is 1. The molecular formula is C14H22N4O2. The van der Waals surface area contributed by atoms with E-state index in [0.29, 0.717) is 38.8 Å². The Morgan fingerprint density at radius 3 is 3.05 bits per heavy atom. The number of piperidine rings is 1. The standard InChI is InChI=1S/C14H22N4O2/c19-14(17-6-8-20-9-7-17)11-18-5-3-13(16-18)12-2-1-4-15-10-12/h3,5,12,15H,1-2,4,6-11H2. The number of morpholine rings is 1. The average Bonchev–Trinajstić information content (AvgIpc) is 2.97. The summed E-state index contributed by atoms with van der Waals surface area (Å²) in [5.74, 6) is 0.619. The van der Waals surface area contributed by atoms with Gasteiger partial charge in [0.15, 0.2) is 0 Å². The van der Waals surface area contributed by atoms with Gasteiger partial charge in [-0.15, -0.1) is 0 Å². The van der Waals surface area contributed by atoms with Crippen LogP contribution >= 0.6 is 0 Å². The van der Waals surface area contributed by atoms with Crippen molar-refractivity contribution in [3.8, 4) is 0 Å². The molecule has 0 aliphatic carbocycles. The molecule has 3 heterocycles. The van der Waals surface area contributed by atoms with Crippen LogP contribution in [0.1, 0.15) is 24.5 Å². The van der Waals surface area contributed by atoms with Crippen LogP contribution in [0.25, 0.3) is 0 Å². The molecule has 0 saturated carbocycles. The van der Waals surface area contributed by atoms with Crippen molar-refractivity contribution in [2.75, 3.05) is 39.4 Å². The number of hydrogen-bond acceptors (Lipinski definition) is 4. The molecule has 6 heteroatoms. The van der Waals surface area contributed by atoms with Gasteiger partial charge in [0.1, 0.15) is 6.54 Å². The van der Waals surface area contributed by atoms with Crippen LogP contribution in [-0.2, 0) is 16.1 Å². The van der Waals surface area contributed by atoms with Gasteiger partial charge < -0.3 is 15.0 Å². The Hall–Kier alpha value is -1.40. The number of amides is 1. The summed E-state index contributed by atoms with van der Waals surface area (Å²) in [5.41, 5.74) is 1.10. The lowest BCUT2D eigenvalue weighted by molar-refractivity contribution is -0.136. The van der Waals surface area contributed by atoms with Crippen LogP contribution in [-0.4, -0.2) is 60.0 Å². The molecule has 2 fully saturated rings. The molecule has 0 radical (unpaired) electrons. The molecule has 0 aromatic carbocycles. The highest BCUT2D eigenvalue weighted by molar-refractivity contribution is 5.76. The third-order valence-corrected chi connectivity index (χ3v) is 4.04. The van der Waals surface area contributed by atoms with E-state index in [4.69, 9.17) is 4.74 Å². The Balaban J connectivity index is 1.57. The second-order valence-electron chi connectivity index (χ2n) is 5.47. The van der Waals surface area contributed by atoms with Crippen molar-refractivity contribution < 1.29 is 9.53 Å². The van der Waals surface area contributed by atoms with Crippen molar-refractivity contribution in [1.82, 2.24) is 20.0 Å². The molecule has 1 N–H and O–H groups in total. The number of nitrogens with one attached hydrogen (secondary N) is 1. The molecule has 0 bridgehead atoms. The smallest absolute Gasteiger partial charge is 0.244 e. The van der Waals surface area contributed by atoms with Gasteiger partial charge in [0, 0.05) is 31.7 Å². The summed E-state index contributed by atoms with van der Waals surface area (Å²) in [5, 5.41) is 7.96. The Kier molecular flexibility index (Phi) is 4.32. The minimum Gasteiger partial charge on any atom is -0.378 e. The maximum atomic E-state index is 12.2. The van der Waals surface area contributed by atoms with Crippen LogP contribution in [0.15, 0.2) is 12.3 Å². The van der Waals surface area contributed by atoms with Gasteiger partial charge in [0.2, 0.25) is 5.91 Å². The average molecular weight is 278 g/mol. The number of ether oxygens (including phenoxy) is 1. The molecular weight excluding hydrogens is 256 g/mol. The first-order chi connectivity index (χ1) is 9.83. The van der Waals surface area contributed by atoms with Crippen LogP contribution in [0.2, 0.25) is 0 Å². The molecule has 20 heavy (non-hydrogen) atoms. The fraction of sp³-hybridized carbons (Fsp3) is 0.714. The second kappa shape index (κ2) is 6.37. The van der Waals surface area contributed by atoms with Gasteiger partial charge in [-0.25, -0.2) is 0 Å². The van der Waals surface area contributed by atoms with E-state index in [1.807, 2.05) is 17.2 Å². The van der Waals surface area contributed by atoms with Gasteiger partial charge in [-0.2, -0.15) is 5.10 Å². The van der Waals surface area contributed by atoms with Crippen molar-refractivity contribution in [3.63, 3.8) is 0 Å². The van der Waals surface area contributed by atoms with E-state index in [0.717, 1.165) is 18.8 Å². The molecule has 0 spiro atoms. The Morgan fingerprint density at radius 1 is 1.45 bits per heavy atom. The lowest BCUT2D eigenvalue weighted by Gasteiger charge is -2.26. The summed E-state index contributed by atoms with van der Waals surface area (Å²) in [7, 11) is 0. The summed E-state index contributed by atoms with van der Waals surface area (Å²) >= 11 is 0. The zero-order valence-corrected chi connectivity index (χ0v) is 11.8. The molecule has 110 valence electrons. The van der Waals surface area contributed by atoms with Gasteiger partial charge in [-0.3, -0.25) is 9.48 Å². The third kappa shape index (κ3) is 3.19. The summed E-state index contributed by atoms with van der Waals surface area (Å²) < 4.78 is 7.03. The first-order valence-corrected chi connectivity index (χ1v) is 7.42. The maximum absolute atomic E-state index is 12.2. The molecule has 6 nitrogen and oxygen atoms in total. The highest BCUT2D eigenvalue weighted by Gasteiger charge is 2.20.